The lowest BCUT2D eigenvalue weighted by Crippen LogP contribution is -2.44. The number of aliphatic hydroxyl groups is 2. The Morgan fingerprint density at radius 1 is 0.677 bits per heavy atom. The van der Waals surface area contributed by atoms with Gasteiger partial charge < -0.3 is 36.2 Å². The van der Waals surface area contributed by atoms with Gasteiger partial charge in [0.2, 0.25) is 11.9 Å². The van der Waals surface area contributed by atoms with Crippen LogP contribution in [0.25, 0.3) is 11.1 Å². The number of aliphatic hydroxyl groups excluding tert-OH is 2. The van der Waals surface area contributed by atoms with Crippen LogP contribution in [-0.4, -0.2) is 67.5 Å². The molecule has 2 aliphatic carbocycles. The fraction of sp³-hybridized carbons (Fsp3) is 0.429. The maximum Gasteiger partial charge on any atom is 0.224 e. The van der Waals surface area contributed by atoms with Gasteiger partial charge in [-0.25, -0.2) is 9.97 Å². The van der Waals surface area contributed by atoms with E-state index < -0.39 is 0 Å². The Labute approximate surface area is 365 Å². The molecule has 13 nitrogen and oxygen atoms in total. The zero-order valence-electron chi connectivity index (χ0n) is 36.2. The molecule has 2 heterocycles. The van der Waals surface area contributed by atoms with Crippen molar-refractivity contribution >= 4 is 23.5 Å². The molecule has 0 amide bonds. The predicted molar refractivity (Wildman–Crippen MR) is 243 cm³/mol. The molecular weight excluding hydrogens is 777 g/mol. The number of nitrogens with zero attached hydrogens (tertiary/aromatic N) is 6. The average molecular weight is 835 g/mol. The molecule has 0 spiro atoms. The second-order valence-electron chi connectivity index (χ2n) is 18.0. The zero-order valence-corrected chi connectivity index (χ0v) is 36.2. The maximum absolute atomic E-state index is 10.4. The van der Waals surface area contributed by atoms with Crippen LogP contribution in [0.1, 0.15) is 94.0 Å². The highest BCUT2D eigenvalue weighted by Gasteiger charge is 2.39. The average Bonchev–Trinajstić information content (AvgIpc) is 3.26. The number of ether oxygens (including phenoxy) is 1. The second-order valence-corrected chi connectivity index (χ2v) is 18.0. The first-order valence-electron chi connectivity index (χ1n) is 21.7. The van der Waals surface area contributed by atoms with Crippen LogP contribution in [0.2, 0.25) is 0 Å². The Kier molecular flexibility index (Phi) is 13.9. The smallest absolute Gasteiger partial charge is 0.224 e. The maximum atomic E-state index is 10.4. The molecule has 0 saturated heterocycles. The van der Waals surface area contributed by atoms with E-state index in [9.17, 15) is 20.7 Å². The van der Waals surface area contributed by atoms with Gasteiger partial charge in [0.1, 0.15) is 46.8 Å². The first-order chi connectivity index (χ1) is 29.9. The number of aromatic nitrogens is 4. The predicted octanol–water partition coefficient (Wildman–Crippen LogP) is 8.27. The van der Waals surface area contributed by atoms with E-state index in [0.29, 0.717) is 54.2 Å². The Morgan fingerprint density at radius 2 is 1.23 bits per heavy atom. The molecule has 0 unspecified atom stereocenters. The summed E-state index contributed by atoms with van der Waals surface area (Å²) in [7, 11) is 0. The third kappa shape index (κ3) is 11.1. The summed E-state index contributed by atoms with van der Waals surface area (Å²) in [6, 6.07) is 29.3. The third-order valence-electron chi connectivity index (χ3n) is 12.4. The van der Waals surface area contributed by atoms with E-state index in [2.05, 4.69) is 112 Å². The van der Waals surface area contributed by atoms with E-state index in [0.717, 1.165) is 72.9 Å². The summed E-state index contributed by atoms with van der Waals surface area (Å²) in [5.74, 6) is 2.83. The van der Waals surface area contributed by atoms with Gasteiger partial charge in [-0.15, -0.1) is 0 Å². The molecule has 2 aliphatic rings. The fourth-order valence-corrected chi connectivity index (χ4v) is 8.67. The molecule has 0 radical (unpaired) electrons. The Morgan fingerprint density at radius 3 is 1.81 bits per heavy atom. The van der Waals surface area contributed by atoms with Gasteiger partial charge in [-0.3, -0.25) is 0 Å². The van der Waals surface area contributed by atoms with Crippen molar-refractivity contribution in [3.63, 3.8) is 0 Å². The molecular formula is C49H58N10O3. The number of hydrogen-bond donors (Lipinski definition) is 6. The van der Waals surface area contributed by atoms with Gasteiger partial charge in [0, 0.05) is 30.6 Å². The molecule has 62 heavy (non-hydrogen) atoms. The van der Waals surface area contributed by atoms with Crippen LogP contribution in [-0.2, 0) is 19.4 Å². The third-order valence-corrected chi connectivity index (χ3v) is 12.4. The number of hydrogen-bond acceptors (Lipinski definition) is 13. The number of nitriles is 2. The van der Waals surface area contributed by atoms with Gasteiger partial charge in [-0.1, -0.05) is 88.4 Å². The number of benzene rings is 3. The van der Waals surface area contributed by atoms with Crippen LogP contribution in [0.5, 0.6) is 5.75 Å². The van der Waals surface area contributed by atoms with Crippen molar-refractivity contribution in [3.8, 4) is 29.0 Å². The van der Waals surface area contributed by atoms with Crippen molar-refractivity contribution in [1.82, 2.24) is 19.9 Å². The Bertz CT molecular complexity index is 2390. The SMILES string of the molecule is CC1(C)C[C@H](Nc2nc(NCCc3ccc(CO)cc3)ncc2C#N)CC[C@@H]1Oc1cccc(-c2cccc(CCNc3ncc(C#N)c(N[C@@H]4CC[C@H](O)C(C)(C)C4)n3)c2)c1. The fourth-order valence-electron chi connectivity index (χ4n) is 8.67. The minimum absolute atomic E-state index is 0.000264. The summed E-state index contributed by atoms with van der Waals surface area (Å²) in [6.07, 6.45) is 9.17. The highest BCUT2D eigenvalue weighted by molar-refractivity contribution is 5.66. The number of anilines is 4. The summed E-state index contributed by atoms with van der Waals surface area (Å²) in [6.45, 7) is 9.90. The molecule has 7 rings (SSSR count). The lowest BCUT2D eigenvalue weighted by molar-refractivity contribution is 0.00926. The van der Waals surface area contributed by atoms with Crippen molar-refractivity contribution < 1.29 is 14.9 Å². The number of rotatable bonds is 16. The van der Waals surface area contributed by atoms with Crippen LogP contribution in [0.15, 0.2) is 85.2 Å². The lowest BCUT2D eigenvalue weighted by Gasteiger charge is -2.42. The molecule has 4 atom stereocenters. The monoisotopic (exact) mass is 834 g/mol. The quantitative estimate of drug-likeness (QED) is 0.0556. The van der Waals surface area contributed by atoms with Crippen LogP contribution in [0.3, 0.4) is 0 Å². The van der Waals surface area contributed by atoms with Crippen LogP contribution < -0.4 is 26.0 Å². The molecule has 5 aromatic rings. The second kappa shape index (κ2) is 19.6. The normalized spacial score (nSPS) is 20.3. The molecule has 2 aromatic heterocycles. The van der Waals surface area contributed by atoms with E-state index in [1.165, 1.54) is 5.56 Å². The first-order valence-corrected chi connectivity index (χ1v) is 21.7. The van der Waals surface area contributed by atoms with Crippen LogP contribution in [0, 0.1) is 33.5 Å². The van der Waals surface area contributed by atoms with Crippen molar-refractivity contribution in [2.45, 2.75) is 110 Å². The molecule has 0 bridgehead atoms. The summed E-state index contributed by atoms with van der Waals surface area (Å²) in [5, 5.41) is 52.9. The summed E-state index contributed by atoms with van der Waals surface area (Å²) < 4.78 is 6.73. The van der Waals surface area contributed by atoms with E-state index in [1.807, 2.05) is 36.4 Å². The van der Waals surface area contributed by atoms with Gasteiger partial charge in [-0.05, 0) is 96.7 Å². The van der Waals surface area contributed by atoms with Gasteiger partial charge in [0.15, 0.2) is 0 Å². The summed E-state index contributed by atoms with van der Waals surface area (Å²) >= 11 is 0. The van der Waals surface area contributed by atoms with Gasteiger partial charge in [0.05, 0.1) is 25.1 Å². The van der Waals surface area contributed by atoms with E-state index in [-0.39, 0.29) is 41.7 Å². The summed E-state index contributed by atoms with van der Waals surface area (Å²) in [4.78, 5) is 18.1. The van der Waals surface area contributed by atoms with Crippen LogP contribution >= 0.6 is 0 Å². The molecule has 6 N–H and O–H groups in total. The Hall–Kier alpha value is -6.28. The minimum Gasteiger partial charge on any atom is -0.490 e. The largest absolute Gasteiger partial charge is 0.490 e. The Balaban J connectivity index is 0.918. The highest BCUT2D eigenvalue weighted by atomic mass is 16.5. The molecule has 3 aromatic carbocycles. The van der Waals surface area contributed by atoms with Crippen molar-refractivity contribution in [2.24, 2.45) is 10.8 Å². The van der Waals surface area contributed by atoms with E-state index >= 15 is 0 Å². The summed E-state index contributed by atoms with van der Waals surface area (Å²) in [5.41, 5.74) is 5.82. The van der Waals surface area contributed by atoms with Crippen molar-refractivity contribution in [2.75, 3.05) is 34.4 Å². The molecule has 2 saturated carbocycles. The van der Waals surface area contributed by atoms with Crippen LogP contribution in [0.4, 0.5) is 23.5 Å². The zero-order chi connectivity index (χ0) is 43.7. The van der Waals surface area contributed by atoms with Crippen molar-refractivity contribution in [1.29, 1.82) is 10.5 Å². The van der Waals surface area contributed by atoms with Gasteiger partial charge >= 0.3 is 0 Å². The topological polar surface area (TPSA) is 197 Å². The first kappa shape index (κ1) is 43.8. The molecule has 0 aliphatic heterocycles. The van der Waals surface area contributed by atoms with E-state index in [1.54, 1.807) is 12.4 Å². The standard InChI is InChI=1S/C49H58N10O3/c1-48(2)25-39(15-17-42(48)61)56-44-37(27-50)29-55-47(58-44)53-22-20-33-7-5-8-35(23-33)36-9-6-10-41(24-36)62-43-18-16-40(26-49(43,3)4)57-45-38(28-51)30-54-46(59-45)52-21-19-32-11-13-34(31-60)14-12-32/h5-14,23-24,29-30,39-40,42-43,60-61H,15-22,25-26,31H2,1-4H3,(H2,52,54,57,59)(H2,53,55,56,58)/t39-,40-,42+,43+/m1/s1. The van der Waals surface area contributed by atoms with Gasteiger partial charge in [-0.2, -0.15) is 20.5 Å². The van der Waals surface area contributed by atoms with Gasteiger partial charge in [0.25, 0.3) is 0 Å². The van der Waals surface area contributed by atoms with Crippen molar-refractivity contribution in [3.05, 3.63) is 113 Å². The number of nitrogens with one attached hydrogen (secondary N) is 4. The minimum atomic E-state index is -0.334. The molecule has 13 heteroatoms. The lowest BCUT2D eigenvalue weighted by atomic mass is 9.72. The molecule has 2 fully saturated rings. The van der Waals surface area contributed by atoms with E-state index in [4.69, 9.17) is 9.72 Å². The molecule has 322 valence electrons. The highest BCUT2D eigenvalue weighted by Crippen LogP contribution is 2.40.